The quantitative estimate of drug-likeness (QED) is 0.199. The highest BCUT2D eigenvalue weighted by Crippen LogP contribution is 2.53. The summed E-state index contributed by atoms with van der Waals surface area (Å²) in [5.74, 6) is -2.91. The molecule has 4 aromatic rings. The van der Waals surface area contributed by atoms with Crippen molar-refractivity contribution in [3.8, 4) is 5.75 Å². The highest BCUT2D eigenvalue weighted by molar-refractivity contribution is 5.91. The van der Waals surface area contributed by atoms with Crippen molar-refractivity contribution in [1.29, 1.82) is 0 Å². The molecule has 2 atom stereocenters. The van der Waals surface area contributed by atoms with Gasteiger partial charge in [-0.2, -0.15) is 0 Å². The maximum atomic E-state index is 15.8. The van der Waals surface area contributed by atoms with Gasteiger partial charge in [-0.1, -0.05) is 12.1 Å². The van der Waals surface area contributed by atoms with Gasteiger partial charge in [0.2, 0.25) is 18.2 Å². The van der Waals surface area contributed by atoms with Crippen LogP contribution in [0, 0.1) is 23.3 Å². The molecule has 3 heterocycles. The van der Waals surface area contributed by atoms with Crippen molar-refractivity contribution >= 4 is 23.4 Å². The molecule has 1 aliphatic carbocycles. The van der Waals surface area contributed by atoms with Gasteiger partial charge >= 0.3 is 6.09 Å². The van der Waals surface area contributed by atoms with Gasteiger partial charge in [0.25, 0.3) is 0 Å². The molecule has 274 valence electrons. The molecule has 52 heavy (non-hydrogen) atoms. The van der Waals surface area contributed by atoms with Gasteiger partial charge in [-0.05, 0) is 92.3 Å². The maximum Gasteiger partial charge on any atom is 0.415 e. The van der Waals surface area contributed by atoms with E-state index in [4.69, 9.17) is 13.9 Å². The van der Waals surface area contributed by atoms with Gasteiger partial charge in [0.05, 0.1) is 17.9 Å². The van der Waals surface area contributed by atoms with E-state index in [2.05, 4.69) is 15.5 Å². The zero-order valence-corrected chi connectivity index (χ0v) is 29.1. The molecule has 1 fully saturated rings. The molecular weight excluding hydrogens is 682 g/mol. The summed E-state index contributed by atoms with van der Waals surface area (Å²) < 4.78 is 74.8. The van der Waals surface area contributed by atoms with Gasteiger partial charge in [0.15, 0.2) is 11.6 Å². The number of amides is 2. The first-order valence-electron chi connectivity index (χ1n) is 17.3. The summed E-state index contributed by atoms with van der Waals surface area (Å²) in [6.45, 7) is 6.70. The fraction of sp³-hybridized carbons (Fsp3) is 0.421. The molecule has 1 saturated heterocycles. The summed E-state index contributed by atoms with van der Waals surface area (Å²) in [4.78, 5) is 29.8. The van der Waals surface area contributed by atoms with Gasteiger partial charge in [-0.25, -0.2) is 22.4 Å². The Bertz CT molecular complexity index is 1980. The molecule has 0 saturated carbocycles. The van der Waals surface area contributed by atoms with Crippen molar-refractivity contribution in [3.63, 3.8) is 0 Å². The lowest BCUT2D eigenvalue weighted by atomic mass is 9.73. The number of carbonyl (C=O) groups excluding carboxylic acids is 2. The number of hydrogen-bond donors (Lipinski definition) is 1. The van der Waals surface area contributed by atoms with Crippen LogP contribution in [0.4, 0.5) is 33.7 Å². The zero-order chi connectivity index (χ0) is 36.8. The molecule has 0 bridgehead atoms. The van der Waals surface area contributed by atoms with Gasteiger partial charge < -0.3 is 24.1 Å². The van der Waals surface area contributed by atoms with Crippen molar-refractivity contribution in [2.45, 2.75) is 75.9 Å². The highest BCUT2D eigenvalue weighted by atomic mass is 19.2. The first kappa shape index (κ1) is 35.3. The lowest BCUT2D eigenvalue weighted by molar-refractivity contribution is -0.122. The topological polar surface area (TPSA) is 110 Å². The standard InChI is InChI=1S/C38H39F4N5O5/c1-37(2,3)52-36(49)47-12-13-50-33-19-31(29(42)18-32(33)47)46-10-8-38(9-11-46)20-23(25-6-5-24(39)17-26(25)38)16-34(48)44-30(35-45-43-21-51-35)15-22-4-7-27(40)28(41)14-22/h4-7,14,17-19,21,23,30H,8-13,15-16,20H2,1-3H3,(H,44,48)/t23-,30-/m1/s1. The van der Waals surface area contributed by atoms with E-state index in [1.807, 2.05) is 4.90 Å². The molecule has 0 unspecified atom stereocenters. The number of hydrogen-bond acceptors (Lipinski definition) is 8. The van der Waals surface area contributed by atoms with Crippen LogP contribution in [0.3, 0.4) is 0 Å². The Morgan fingerprint density at radius 3 is 2.48 bits per heavy atom. The number of ether oxygens (including phenoxy) is 2. The molecule has 10 nitrogen and oxygen atoms in total. The number of halogens is 4. The number of nitrogens with zero attached hydrogens (tertiary/aromatic N) is 4. The monoisotopic (exact) mass is 721 g/mol. The van der Waals surface area contributed by atoms with Crippen LogP contribution in [-0.2, 0) is 21.4 Å². The third kappa shape index (κ3) is 7.15. The van der Waals surface area contributed by atoms with Crippen LogP contribution in [0.2, 0.25) is 0 Å². The number of fused-ring (bicyclic) bond motifs is 3. The molecule has 1 N–H and O–H groups in total. The largest absolute Gasteiger partial charge is 0.489 e. The van der Waals surface area contributed by atoms with Crippen LogP contribution in [-0.4, -0.2) is 54.0 Å². The second-order valence-electron chi connectivity index (χ2n) is 14.7. The Balaban J connectivity index is 1.06. The average Bonchev–Trinajstić information content (AvgIpc) is 3.72. The van der Waals surface area contributed by atoms with Crippen LogP contribution in [0.1, 0.15) is 81.0 Å². The normalized spacial score (nSPS) is 18.4. The predicted molar refractivity (Wildman–Crippen MR) is 182 cm³/mol. The lowest BCUT2D eigenvalue weighted by Gasteiger charge is -2.42. The molecule has 0 radical (unpaired) electrons. The van der Waals surface area contributed by atoms with E-state index in [9.17, 15) is 22.8 Å². The van der Waals surface area contributed by atoms with E-state index in [1.54, 1.807) is 39.0 Å². The second-order valence-corrected chi connectivity index (χ2v) is 14.7. The Labute approximate surface area is 298 Å². The maximum absolute atomic E-state index is 15.8. The van der Waals surface area contributed by atoms with Crippen molar-refractivity contribution in [2.75, 3.05) is 36.0 Å². The zero-order valence-electron chi connectivity index (χ0n) is 29.1. The van der Waals surface area contributed by atoms with Gasteiger partial charge in [-0.3, -0.25) is 9.69 Å². The van der Waals surface area contributed by atoms with Crippen molar-refractivity contribution in [2.24, 2.45) is 0 Å². The molecule has 1 spiro atoms. The van der Waals surface area contributed by atoms with Crippen molar-refractivity contribution in [3.05, 3.63) is 101 Å². The Kier molecular flexibility index (Phi) is 9.34. The Hall–Kier alpha value is -5.14. The minimum atomic E-state index is -1.01. The fourth-order valence-electron chi connectivity index (χ4n) is 7.75. The summed E-state index contributed by atoms with van der Waals surface area (Å²) in [6.07, 6.45) is 2.47. The molecule has 14 heteroatoms. The second kappa shape index (κ2) is 13.8. The third-order valence-electron chi connectivity index (χ3n) is 10.1. The number of carbonyl (C=O) groups is 2. The van der Waals surface area contributed by atoms with Gasteiger partial charge in [-0.15, -0.1) is 10.2 Å². The summed E-state index contributed by atoms with van der Waals surface area (Å²) in [5.41, 5.74) is 1.66. The molecule has 3 aromatic carbocycles. The summed E-state index contributed by atoms with van der Waals surface area (Å²) in [5, 5.41) is 10.6. The summed E-state index contributed by atoms with van der Waals surface area (Å²) in [7, 11) is 0. The Morgan fingerprint density at radius 1 is 0.981 bits per heavy atom. The van der Waals surface area contributed by atoms with Crippen LogP contribution in [0.5, 0.6) is 5.75 Å². The van der Waals surface area contributed by atoms with E-state index in [-0.39, 0.29) is 49.5 Å². The number of nitrogens with one attached hydrogen (secondary N) is 1. The van der Waals surface area contributed by atoms with E-state index in [0.29, 0.717) is 55.0 Å². The SMILES string of the molecule is CC(C)(C)OC(=O)N1CCOc2cc(N3CCC4(CC3)C[C@@H](CC(=O)N[C@H](Cc3ccc(F)c(F)c3)c3nnco3)c3ccc(F)cc34)c(F)cc21. The number of rotatable bonds is 7. The minimum Gasteiger partial charge on any atom is -0.489 e. The summed E-state index contributed by atoms with van der Waals surface area (Å²) >= 11 is 0. The van der Waals surface area contributed by atoms with Crippen molar-refractivity contribution < 1.29 is 41.0 Å². The number of aromatic nitrogens is 2. The first-order valence-corrected chi connectivity index (χ1v) is 17.3. The van der Waals surface area contributed by atoms with Crippen LogP contribution in [0.25, 0.3) is 0 Å². The average molecular weight is 722 g/mol. The lowest BCUT2D eigenvalue weighted by Crippen LogP contribution is -2.43. The molecule has 2 amide bonds. The van der Waals surface area contributed by atoms with Gasteiger partial charge in [0.1, 0.15) is 35.6 Å². The minimum absolute atomic E-state index is 0.0808. The third-order valence-corrected chi connectivity index (χ3v) is 10.1. The Morgan fingerprint density at radius 2 is 1.77 bits per heavy atom. The molecule has 7 rings (SSSR count). The van der Waals surface area contributed by atoms with Crippen molar-refractivity contribution in [1.82, 2.24) is 15.5 Å². The number of benzene rings is 3. The number of piperidine rings is 1. The van der Waals surface area contributed by atoms with E-state index < -0.39 is 40.6 Å². The fourth-order valence-corrected chi connectivity index (χ4v) is 7.75. The van der Waals surface area contributed by atoms with E-state index >= 15 is 4.39 Å². The molecule has 3 aliphatic rings. The number of anilines is 2. The molecule has 1 aromatic heterocycles. The van der Waals surface area contributed by atoms with Gasteiger partial charge in [0, 0.05) is 38.1 Å². The summed E-state index contributed by atoms with van der Waals surface area (Å²) in [6, 6.07) is 10.3. The first-order chi connectivity index (χ1) is 24.8. The molecular formula is C38H39F4N5O5. The van der Waals surface area contributed by atoms with Crippen LogP contribution >= 0.6 is 0 Å². The van der Waals surface area contributed by atoms with E-state index in [1.165, 1.54) is 23.1 Å². The van der Waals surface area contributed by atoms with Crippen LogP contribution < -0.4 is 19.9 Å². The van der Waals surface area contributed by atoms with Crippen LogP contribution in [0.15, 0.2) is 59.3 Å². The highest BCUT2D eigenvalue weighted by Gasteiger charge is 2.46. The smallest absolute Gasteiger partial charge is 0.415 e. The predicted octanol–water partition coefficient (Wildman–Crippen LogP) is 7.28. The molecule has 2 aliphatic heterocycles. The van der Waals surface area contributed by atoms with E-state index in [0.717, 1.165) is 29.7 Å².